The maximum atomic E-state index is 13.0. The zero-order valence-corrected chi connectivity index (χ0v) is 12.9. The van der Waals surface area contributed by atoms with Crippen molar-refractivity contribution >= 4 is 40.9 Å². The van der Waals surface area contributed by atoms with Crippen LogP contribution in [-0.2, 0) is 4.79 Å². The van der Waals surface area contributed by atoms with Crippen LogP contribution < -0.4 is 10.6 Å². The van der Waals surface area contributed by atoms with Crippen LogP contribution in [0.2, 0.25) is 10.0 Å². The third-order valence-corrected chi connectivity index (χ3v) is 3.15. The number of hydrogen-bond donors (Lipinski definition) is 3. The summed E-state index contributed by atoms with van der Waals surface area (Å²) in [5, 5.41) is 13.5. The number of urea groups is 1. The molecule has 116 valence electrons. The van der Waals surface area contributed by atoms with Gasteiger partial charge >= 0.3 is 12.0 Å². The Kier molecular flexibility index (Phi) is 6.23. The van der Waals surface area contributed by atoms with Gasteiger partial charge in [0, 0.05) is 0 Å². The van der Waals surface area contributed by atoms with Crippen LogP contribution in [0, 0.1) is 11.7 Å². The van der Waals surface area contributed by atoms with Gasteiger partial charge in [0.25, 0.3) is 0 Å². The van der Waals surface area contributed by atoms with Gasteiger partial charge in [-0.2, -0.15) is 0 Å². The first-order valence-corrected chi connectivity index (χ1v) is 6.91. The van der Waals surface area contributed by atoms with E-state index in [2.05, 4.69) is 10.6 Å². The molecule has 0 aromatic heterocycles. The molecule has 0 saturated carbocycles. The molecule has 8 heteroatoms. The molecule has 1 aromatic rings. The zero-order chi connectivity index (χ0) is 16.2. The second-order valence-electron chi connectivity index (χ2n) is 4.86. The summed E-state index contributed by atoms with van der Waals surface area (Å²) in [4.78, 5) is 22.9. The van der Waals surface area contributed by atoms with Gasteiger partial charge in [-0.1, -0.05) is 37.0 Å². The van der Waals surface area contributed by atoms with Crippen LogP contribution in [0.15, 0.2) is 12.1 Å². The quantitative estimate of drug-likeness (QED) is 0.766. The van der Waals surface area contributed by atoms with E-state index in [1.807, 2.05) is 13.8 Å². The molecule has 1 aromatic carbocycles. The molecular formula is C13H15Cl2FN2O3. The van der Waals surface area contributed by atoms with Gasteiger partial charge < -0.3 is 15.7 Å². The summed E-state index contributed by atoms with van der Waals surface area (Å²) < 4.78 is 13.0. The van der Waals surface area contributed by atoms with Crippen molar-refractivity contribution in [2.45, 2.75) is 26.3 Å². The molecule has 21 heavy (non-hydrogen) atoms. The van der Waals surface area contributed by atoms with Crippen molar-refractivity contribution in [1.82, 2.24) is 5.32 Å². The van der Waals surface area contributed by atoms with E-state index in [0.717, 1.165) is 12.1 Å². The zero-order valence-electron chi connectivity index (χ0n) is 11.4. The number of carboxylic acid groups (broad SMARTS) is 1. The van der Waals surface area contributed by atoms with Crippen molar-refractivity contribution < 1.29 is 19.1 Å². The molecule has 0 fully saturated rings. The van der Waals surface area contributed by atoms with Gasteiger partial charge in [0.15, 0.2) is 0 Å². The maximum Gasteiger partial charge on any atom is 0.326 e. The van der Waals surface area contributed by atoms with Crippen molar-refractivity contribution in [1.29, 1.82) is 0 Å². The number of carbonyl (C=O) groups excluding carboxylic acids is 1. The molecule has 5 nitrogen and oxygen atoms in total. The smallest absolute Gasteiger partial charge is 0.326 e. The number of benzene rings is 1. The first-order chi connectivity index (χ1) is 9.70. The number of rotatable bonds is 5. The fourth-order valence-electron chi connectivity index (χ4n) is 1.66. The molecule has 0 spiro atoms. The predicted molar refractivity (Wildman–Crippen MR) is 79.5 cm³/mol. The van der Waals surface area contributed by atoms with Crippen LogP contribution in [0.1, 0.15) is 20.3 Å². The summed E-state index contributed by atoms with van der Waals surface area (Å²) in [6, 6.07) is 0.166. The highest BCUT2D eigenvalue weighted by Crippen LogP contribution is 2.31. The normalized spacial score (nSPS) is 12.1. The van der Waals surface area contributed by atoms with E-state index in [4.69, 9.17) is 28.3 Å². The lowest BCUT2D eigenvalue weighted by Gasteiger charge is -2.17. The van der Waals surface area contributed by atoms with Crippen LogP contribution in [0.5, 0.6) is 0 Å². The highest BCUT2D eigenvalue weighted by molar-refractivity contribution is 6.39. The Balaban J connectivity index is 2.79. The Bertz CT molecular complexity index is 529. The second-order valence-corrected chi connectivity index (χ2v) is 5.68. The summed E-state index contributed by atoms with van der Waals surface area (Å²) in [6.45, 7) is 3.67. The fraction of sp³-hybridized carbons (Fsp3) is 0.385. The highest BCUT2D eigenvalue weighted by Gasteiger charge is 2.22. The van der Waals surface area contributed by atoms with E-state index in [1.54, 1.807) is 0 Å². The monoisotopic (exact) mass is 336 g/mol. The van der Waals surface area contributed by atoms with Crippen LogP contribution in [-0.4, -0.2) is 23.1 Å². The molecule has 0 aliphatic carbocycles. The molecule has 1 atom stereocenters. The van der Waals surface area contributed by atoms with Gasteiger partial charge in [0.1, 0.15) is 11.9 Å². The first-order valence-electron chi connectivity index (χ1n) is 6.15. The number of aliphatic carboxylic acids is 1. The number of carbonyl (C=O) groups is 2. The molecule has 0 saturated heterocycles. The molecular weight excluding hydrogens is 322 g/mol. The highest BCUT2D eigenvalue weighted by atomic mass is 35.5. The summed E-state index contributed by atoms with van der Waals surface area (Å²) >= 11 is 11.6. The molecule has 0 radical (unpaired) electrons. The number of anilines is 1. The van der Waals surface area contributed by atoms with E-state index in [0.29, 0.717) is 0 Å². The molecule has 1 rings (SSSR count). The van der Waals surface area contributed by atoms with E-state index in [-0.39, 0.29) is 28.1 Å². The lowest BCUT2D eigenvalue weighted by Crippen LogP contribution is -2.43. The topological polar surface area (TPSA) is 78.4 Å². The Labute approximate surface area is 131 Å². The Morgan fingerprint density at radius 3 is 2.24 bits per heavy atom. The van der Waals surface area contributed by atoms with E-state index >= 15 is 0 Å². The average Bonchev–Trinajstić information content (AvgIpc) is 2.32. The Hall–Kier alpha value is -1.53. The van der Waals surface area contributed by atoms with Crippen molar-refractivity contribution in [2.24, 2.45) is 5.92 Å². The minimum Gasteiger partial charge on any atom is -0.480 e. The number of nitrogens with one attached hydrogen (secondary N) is 2. The minimum absolute atomic E-state index is 0.0194. The largest absolute Gasteiger partial charge is 0.480 e. The van der Waals surface area contributed by atoms with E-state index in [1.165, 1.54) is 0 Å². The fourth-order valence-corrected chi connectivity index (χ4v) is 2.22. The van der Waals surface area contributed by atoms with Gasteiger partial charge in [-0.15, -0.1) is 0 Å². The van der Waals surface area contributed by atoms with Crippen molar-refractivity contribution in [3.8, 4) is 0 Å². The molecule has 0 bridgehead atoms. The first kappa shape index (κ1) is 17.5. The van der Waals surface area contributed by atoms with E-state index < -0.39 is 23.9 Å². The van der Waals surface area contributed by atoms with Gasteiger partial charge in [0.05, 0.1) is 15.7 Å². The molecule has 0 unspecified atom stereocenters. The van der Waals surface area contributed by atoms with Gasteiger partial charge in [-0.05, 0) is 24.5 Å². The number of hydrogen-bond acceptors (Lipinski definition) is 2. The van der Waals surface area contributed by atoms with Gasteiger partial charge in [-0.25, -0.2) is 14.0 Å². The third-order valence-electron chi connectivity index (χ3n) is 2.56. The second kappa shape index (κ2) is 7.47. The summed E-state index contributed by atoms with van der Waals surface area (Å²) in [6.07, 6.45) is 0.271. The lowest BCUT2D eigenvalue weighted by atomic mass is 10.0. The molecule has 3 N–H and O–H groups in total. The Morgan fingerprint density at radius 2 is 1.81 bits per heavy atom. The maximum absolute atomic E-state index is 13.0. The Morgan fingerprint density at radius 1 is 1.29 bits per heavy atom. The summed E-state index contributed by atoms with van der Waals surface area (Å²) in [5.74, 6) is -1.70. The van der Waals surface area contributed by atoms with Crippen molar-refractivity contribution in [3.63, 3.8) is 0 Å². The molecule has 0 aliphatic heterocycles. The molecule has 0 heterocycles. The standard InChI is InChI=1S/C13H15Cl2FN2O3/c1-6(2)3-10(12(19)20)17-13(21)18-11-8(14)4-7(16)5-9(11)15/h4-6,10H,3H2,1-2H3,(H,19,20)(H2,17,18,21)/t10-/m1/s1. The molecule has 2 amide bonds. The number of carboxylic acids is 1. The summed E-state index contributed by atoms with van der Waals surface area (Å²) in [7, 11) is 0. The lowest BCUT2D eigenvalue weighted by molar-refractivity contribution is -0.139. The SMILES string of the molecule is CC(C)C[C@@H](NC(=O)Nc1c(Cl)cc(F)cc1Cl)C(=O)O. The third kappa shape index (κ3) is 5.40. The minimum atomic E-state index is -1.14. The van der Waals surface area contributed by atoms with Crippen LogP contribution in [0.4, 0.5) is 14.9 Å². The average molecular weight is 337 g/mol. The van der Waals surface area contributed by atoms with Crippen LogP contribution in [0.25, 0.3) is 0 Å². The van der Waals surface area contributed by atoms with Crippen molar-refractivity contribution in [2.75, 3.05) is 5.32 Å². The van der Waals surface area contributed by atoms with Crippen LogP contribution in [0.3, 0.4) is 0 Å². The molecule has 0 aliphatic rings. The van der Waals surface area contributed by atoms with Gasteiger partial charge in [-0.3, -0.25) is 0 Å². The van der Waals surface area contributed by atoms with E-state index in [9.17, 15) is 14.0 Å². The van der Waals surface area contributed by atoms with Gasteiger partial charge in [0.2, 0.25) is 0 Å². The number of halogens is 3. The number of amides is 2. The van der Waals surface area contributed by atoms with Crippen LogP contribution >= 0.6 is 23.2 Å². The predicted octanol–water partition coefficient (Wildman–Crippen LogP) is 3.75. The summed E-state index contributed by atoms with van der Waals surface area (Å²) in [5.41, 5.74) is 0.0194. The van der Waals surface area contributed by atoms with Crippen molar-refractivity contribution in [3.05, 3.63) is 28.0 Å².